The van der Waals surface area contributed by atoms with E-state index in [2.05, 4.69) is 20.8 Å². The van der Waals surface area contributed by atoms with Gasteiger partial charge in [-0.1, -0.05) is 40.0 Å². The molecule has 0 spiro atoms. The van der Waals surface area contributed by atoms with Crippen LogP contribution in [0.3, 0.4) is 0 Å². The molecule has 0 aromatic carbocycles. The fourth-order valence-corrected chi connectivity index (χ4v) is 1.55. The van der Waals surface area contributed by atoms with Gasteiger partial charge in [0.1, 0.15) is 0 Å². The van der Waals surface area contributed by atoms with E-state index in [9.17, 15) is 0 Å². The van der Waals surface area contributed by atoms with Crippen molar-refractivity contribution >= 4 is 0 Å². The van der Waals surface area contributed by atoms with Gasteiger partial charge in [-0.05, 0) is 33.4 Å². The lowest BCUT2D eigenvalue weighted by molar-refractivity contribution is -0.439. The van der Waals surface area contributed by atoms with Crippen molar-refractivity contribution in [1.29, 1.82) is 0 Å². The number of hydrogen-bond acceptors (Lipinski definition) is 4. The molecule has 0 aliphatic carbocycles. The number of ether oxygens (including phenoxy) is 3. The van der Waals surface area contributed by atoms with Crippen LogP contribution >= 0.6 is 0 Å². The van der Waals surface area contributed by atoms with Crippen LogP contribution < -0.4 is 0 Å². The van der Waals surface area contributed by atoms with Gasteiger partial charge >= 0.3 is 6.10 Å². The minimum absolute atomic E-state index is 0.660. The Hall–Kier alpha value is -0.160. The van der Waals surface area contributed by atoms with Gasteiger partial charge in [-0.15, -0.1) is 0 Å². The molecule has 4 heteroatoms. The average molecular weight is 275 g/mol. The van der Waals surface area contributed by atoms with Gasteiger partial charge in [-0.2, -0.15) is 0 Å². The van der Waals surface area contributed by atoms with E-state index in [1.165, 1.54) is 0 Å². The Kier molecular flexibility index (Phi) is 11.6. The molecule has 0 bridgehead atoms. The summed E-state index contributed by atoms with van der Waals surface area (Å²) in [4.78, 5) is 1.88. The SMILES string of the molecule is CCCCOC(OCCCC)(OCCCC)N(C)C. The summed E-state index contributed by atoms with van der Waals surface area (Å²) in [5.41, 5.74) is 0. The van der Waals surface area contributed by atoms with Crippen molar-refractivity contribution in [2.75, 3.05) is 33.9 Å². The van der Waals surface area contributed by atoms with Crippen LogP contribution in [0.25, 0.3) is 0 Å². The topological polar surface area (TPSA) is 30.9 Å². The normalized spacial score (nSPS) is 12.3. The van der Waals surface area contributed by atoms with Gasteiger partial charge in [0.15, 0.2) is 0 Å². The number of rotatable bonds is 13. The lowest BCUT2D eigenvalue weighted by Gasteiger charge is -2.38. The minimum atomic E-state index is -1.01. The van der Waals surface area contributed by atoms with Gasteiger partial charge in [0.25, 0.3) is 0 Å². The first-order valence-corrected chi connectivity index (χ1v) is 7.72. The van der Waals surface area contributed by atoms with E-state index in [-0.39, 0.29) is 0 Å². The predicted molar refractivity (Wildman–Crippen MR) is 79.0 cm³/mol. The van der Waals surface area contributed by atoms with Crippen molar-refractivity contribution in [1.82, 2.24) is 4.90 Å². The van der Waals surface area contributed by atoms with E-state index in [1.54, 1.807) is 0 Å². The van der Waals surface area contributed by atoms with Crippen LogP contribution in [-0.2, 0) is 14.2 Å². The molecule has 116 valence electrons. The van der Waals surface area contributed by atoms with Crippen molar-refractivity contribution in [2.24, 2.45) is 0 Å². The Balaban J connectivity index is 4.48. The lowest BCUT2D eigenvalue weighted by atomic mass is 10.3. The zero-order chi connectivity index (χ0) is 14.6. The third-order valence-electron chi connectivity index (χ3n) is 2.89. The first-order valence-electron chi connectivity index (χ1n) is 7.72. The van der Waals surface area contributed by atoms with Crippen molar-refractivity contribution < 1.29 is 14.2 Å². The van der Waals surface area contributed by atoms with Gasteiger partial charge in [-0.3, -0.25) is 0 Å². The zero-order valence-electron chi connectivity index (χ0n) is 13.5. The average Bonchev–Trinajstić information content (AvgIpc) is 2.38. The molecule has 0 saturated heterocycles. The second-order valence-corrected chi connectivity index (χ2v) is 5.02. The Bertz CT molecular complexity index is 171. The van der Waals surface area contributed by atoms with Crippen LogP contribution in [0, 0.1) is 0 Å². The molecule has 0 aliphatic rings. The molecule has 4 nitrogen and oxygen atoms in total. The molecule has 0 fully saturated rings. The van der Waals surface area contributed by atoms with Crippen LogP contribution in [0.4, 0.5) is 0 Å². The molecule has 0 N–H and O–H groups in total. The molecule has 0 rings (SSSR count). The van der Waals surface area contributed by atoms with Crippen molar-refractivity contribution in [3.63, 3.8) is 0 Å². The van der Waals surface area contributed by atoms with E-state index in [1.807, 2.05) is 19.0 Å². The van der Waals surface area contributed by atoms with Crippen LogP contribution in [0.1, 0.15) is 59.3 Å². The summed E-state index contributed by atoms with van der Waals surface area (Å²) in [6.45, 7) is 8.43. The van der Waals surface area contributed by atoms with E-state index >= 15 is 0 Å². The molecule has 0 aromatic heterocycles. The summed E-state index contributed by atoms with van der Waals surface area (Å²) < 4.78 is 17.7. The van der Waals surface area contributed by atoms with Crippen molar-refractivity contribution in [3.05, 3.63) is 0 Å². The highest BCUT2D eigenvalue weighted by Gasteiger charge is 2.36. The molecular weight excluding hydrogens is 242 g/mol. The smallest absolute Gasteiger partial charge is 0.314 e. The molecule has 19 heavy (non-hydrogen) atoms. The second kappa shape index (κ2) is 11.6. The van der Waals surface area contributed by atoms with E-state index in [0.717, 1.165) is 38.5 Å². The monoisotopic (exact) mass is 275 g/mol. The third kappa shape index (κ3) is 7.88. The van der Waals surface area contributed by atoms with Crippen LogP contribution in [0.15, 0.2) is 0 Å². The second-order valence-electron chi connectivity index (χ2n) is 5.02. The molecule has 0 aromatic rings. The first-order chi connectivity index (χ1) is 9.13. The third-order valence-corrected chi connectivity index (χ3v) is 2.89. The maximum Gasteiger partial charge on any atom is 0.352 e. The highest BCUT2D eigenvalue weighted by atomic mass is 16.9. The standard InChI is InChI=1S/C15H33NO3/c1-6-9-12-17-15(16(4)5,18-13-10-7-2)19-14-11-8-3/h6-14H2,1-5H3. The highest BCUT2D eigenvalue weighted by molar-refractivity contribution is 4.56. The van der Waals surface area contributed by atoms with Gasteiger partial charge in [0.05, 0.1) is 19.8 Å². The zero-order valence-corrected chi connectivity index (χ0v) is 13.5. The summed E-state index contributed by atoms with van der Waals surface area (Å²) in [5, 5.41) is 0. The van der Waals surface area contributed by atoms with Crippen LogP contribution in [-0.4, -0.2) is 44.9 Å². The largest absolute Gasteiger partial charge is 0.352 e. The van der Waals surface area contributed by atoms with E-state index in [0.29, 0.717) is 19.8 Å². The fraction of sp³-hybridized carbons (Fsp3) is 1.00. The molecule has 0 atom stereocenters. The Morgan fingerprint density at radius 2 is 1.00 bits per heavy atom. The lowest BCUT2D eigenvalue weighted by Crippen LogP contribution is -2.52. The minimum Gasteiger partial charge on any atom is -0.314 e. The van der Waals surface area contributed by atoms with Gasteiger partial charge in [0, 0.05) is 0 Å². The molecule has 0 unspecified atom stereocenters. The summed E-state index contributed by atoms with van der Waals surface area (Å²) in [6.07, 6.45) is 5.35. The van der Waals surface area contributed by atoms with Gasteiger partial charge in [-0.25, -0.2) is 4.90 Å². The summed E-state index contributed by atoms with van der Waals surface area (Å²) in [7, 11) is 3.87. The maximum atomic E-state index is 5.91. The van der Waals surface area contributed by atoms with Crippen LogP contribution in [0.2, 0.25) is 0 Å². The van der Waals surface area contributed by atoms with Crippen molar-refractivity contribution in [2.45, 2.75) is 65.4 Å². The Morgan fingerprint density at radius 1 is 0.684 bits per heavy atom. The molecule has 0 saturated carbocycles. The first kappa shape index (κ1) is 18.8. The Morgan fingerprint density at radius 3 is 1.21 bits per heavy atom. The molecule has 0 amide bonds. The fourth-order valence-electron chi connectivity index (χ4n) is 1.55. The molecule has 0 aliphatic heterocycles. The quantitative estimate of drug-likeness (QED) is 0.379. The number of hydrogen-bond donors (Lipinski definition) is 0. The van der Waals surface area contributed by atoms with E-state index in [4.69, 9.17) is 14.2 Å². The predicted octanol–water partition coefficient (Wildman–Crippen LogP) is 3.61. The summed E-state index contributed by atoms with van der Waals surface area (Å²) in [6, 6.07) is 0. The molecule has 0 radical (unpaired) electrons. The van der Waals surface area contributed by atoms with Crippen LogP contribution in [0.5, 0.6) is 0 Å². The highest BCUT2D eigenvalue weighted by Crippen LogP contribution is 2.20. The Labute approximate surface area is 119 Å². The summed E-state index contributed by atoms with van der Waals surface area (Å²) in [5.74, 6) is 0. The molecular formula is C15H33NO3. The number of unbranched alkanes of at least 4 members (excludes halogenated alkanes) is 3. The number of nitrogens with zero attached hydrogens (tertiary/aromatic N) is 1. The van der Waals surface area contributed by atoms with Gasteiger partial charge in [0.2, 0.25) is 0 Å². The molecule has 0 heterocycles. The summed E-state index contributed by atoms with van der Waals surface area (Å²) >= 11 is 0. The van der Waals surface area contributed by atoms with Crippen molar-refractivity contribution in [3.8, 4) is 0 Å². The van der Waals surface area contributed by atoms with E-state index < -0.39 is 6.10 Å². The van der Waals surface area contributed by atoms with Gasteiger partial charge < -0.3 is 14.2 Å². The maximum absolute atomic E-state index is 5.91.